The molecule has 0 aromatic heterocycles. The van der Waals surface area contributed by atoms with Gasteiger partial charge in [0, 0.05) is 5.56 Å². The van der Waals surface area contributed by atoms with E-state index < -0.39 is 0 Å². The molecule has 21 heavy (non-hydrogen) atoms. The maximum Gasteiger partial charge on any atom is 0.123 e. The second-order valence-corrected chi connectivity index (χ2v) is 4.41. The lowest BCUT2D eigenvalue weighted by molar-refractivity contribution is 0.340. The van der Waals surface area contributed by atoms with Gasteiger partial charge in [0.25, 0.3) is 0 Å². The van der Waals surface area contributed by atoms with Gasteiger partial charge in [0.05, 0.1) is 26.5 Å². The zero-order chi connectivity index (χ0) is 14.9. The van der Waals surface area contributed by atoms with Crippen LogP contribution in [0.25, 0.3) is 0 Å². The van der Waals surface area contributed by atoms with Gasteiger partial charge >= 0.3 is 0 Å². The Bertz CT molecular complexity index is 597. The smallest absolute Gasteiger partial charge is 0.123 e. The van der Waals surface area contributed by atoms with Crippen LogP contribution in [0.5, 0.6) is 11.5 Å². The summed E-state index contributed by atoms with van der Waals surface area (Å²) >= 11 is 0. The summed E-state index contributed by atoms with van der Waals surface area (Å²) in [4.78, 5) is 0. The van der Waals surface area contributed by atoms with Crippen molar-refractivity contribution in [1.82, 2.24) is 5.43 Å². The molecule has 0 aliphatic heterocycles. The Labute approximate surface area is 125 Å². The van der Waals surface area contributed by atoms with Gasteiger partial charge in [-0.2, -0.15) is 5.10 Å². The van der Waals surface area contributed by atoms with E-state index in [0.717, 1.165) is 22.6 Å². The molecule has 0 aliphatic rings. The van der Waals surface area contributed by atoms with Crippen molar-refractivity contribution >= 4 is 6.21 Å². The van der Waals surface area contributed by atoms with E-state index in [0.29, 0.717) is 13.2 Å². The van der Waals surface area contributed by atoms with Gasteiger partial charge in [0.1, 0.15) is 11.5 Å². The zero-order valence-electron chi connectivity index (χ0n) is 12.4. The van der Waals surface area contributed by atoms with Gasteiger partial charge in [-0.25, -0.2) is 0 Å². The van der Waals surface area contributed by atoms with Crippen molar-refractivity contribution in [2.24, 2.45) is 5.10 Å². The molecule has 0 heterocycles. The quantitative estimate of drug-likeness (QED) is 0.627. The molecule has 0 spiro atoms. The van der Waals surface area contributed by atoms with Crippen LogP contribution in [0.4, 0.5) is 0 Å². The van der Waals surface area contributed by atoms with E-state index >= 15 is 0 Å². The fourth-order valence-corrected chi connectivity index (χ4v) is 1.95. The van der Waals surface area contributed by atoms with Crippen molar-refractivity contribution in [2.75, 3.05) is 13.7 Å². The normalized spacial score (nSPS) is 10.6. The van der Waals surface area contributed by atoms with Crippen LogP contribution in [0, 0.1) is 0 Å². The van der Waals surface area contributed by atoms with Crippen LogP contribution in [-0.4, -0.2) is 19.9 Å². The molecule has 2 aromatic rings. The molecular weight excluding hydrogens is 264 g/mol. The summed E-state index contributed by atoms with van der Waals surface area (Å²) in [5.41, 5.74) is 5.09. The third-order valence-corrected chi connectivity index (χ3v) is 2.94. The number of nitrogens with one attached hydrogen (secondary N) is 1. The summed E-state index contributed by atoms with van der Waals surface area (Å²) in [6.07, 6.45) is 1.78. The lowest BCUT2D eigenvalue weighted by Crippen LogP contribution is -2.06. The fourth-order valence-electron chi connectivity index (χ4n) is 1.95. The minimum atomic E-state index is 0.617. The Hall–Kier alpha value is -2.49. The number of hydrazone groups is 1. The van der Waals surface area contributed by atoms with Gasteiger partial charge < -0.3 is 14.9 Å². The van der Waals surface area contributed by atoms with E-state index in [1.165, 1.54) is 0 Å². The highest BCUT2D eigenvalue weighted by Crippen LogP contribution is 2.16. The molecule has 0 amide bonds. The van der Waals surface area contributed by atoms with Crippen molar-refractivity contribution in [2.45, 2.75) is 13.5 Å². The molecule has 0 bridgehead atoms. The van der Waals surface area contributed by atoms with Crippen LogP contribution in [0.1, 0.15) is 18.1 Å². The molecule has 0 aliphatic carbocycles. The van der Waals surface area contributed by atoms with Crippen LogP contribution in [0.15, 0.2) is 53.6 Å². The largest absolute Gasteiger partial charge is 0.496 e. The molecule has 2 aromatic carbocycles. The van der Waals surface area contributed by atoms with Crippen LogP contribution in [-0.2, 0) is 6.54 Å². The van der Waals surface area contributed by atoms with Gasteiger partial charge in [-0.15, -0.1) is 0 Å². The van der Waals surface area contributed by atoms with Crippen molar-refractivity contribution in [3.05, 3.63) is 59.7 Å². The van der Waals surface area contributed by atoms with E-state index in [1.54, 1.807) is 13.3 Å². The lowest BCUT2D eigenvalue weighted by Gasteiger charge is -2.07. The molecule has 110 valence electrons. The summed E-state index contributed by atoms with van der Waals surface area (Å²) in [5.74, 6) is 1.71. The van der Waals surface area contributed by atoms with Crippen LogP contribution in [0.2, 0.25) is 0 Å². The number of para-hydroxylation sites is 1. The van der Waals surface area contributed by atoms with Crippen LogP contribution >= 0.6 is 0 Å². The van der Waals surface area contributed by atoms with Gasteiger partial charge in [-0.1, -0.05) is 30.3 Å². The number of hydrogen-bond donors (Lipinski definition) is 1. The average Bonchev–Trinajstić information content (AvgIpc) is 2.53. The predicted octanol–water partition coefficient (Wildman–Crippen LogP) is 3.22. The monoisotopic (exact) mass is 284 g/mol. The fraction of sp³-hybridized carbons (Fsp3) is 0.235. The SMILES string of the molecule is CCOc1cccc(/C=N\NCc2ccccc2OC)c1. The highest BCUT2D eigenvalue weighted by atomic mass is 16.5. The van der Waals surface area contributed by atoms with Crippen molar-refractivity contribution in [3.8, 4) is 11.5 Å². The van der Waals surface area contributed by atoms with E-state index in [4.69, 9.17) is 9.47 Å². The molecule has 2 rings (SSSR count). The first-order chi connectivity index (χ1) is 10.3. The minimum Gasteiger partial charge on any atom is -0.496 e. The van der Waals surface area contributed by atoms with E-state index in [-0.39, 0.29) is 0 Å². The van der Waals surface area contributed by atoms with Gasteiger partial charge in [-0.3, -0.25) is 0 Å². The number of nitrogens with zero attached hydrogens (tertiary/aromatic N) is 1. The first-order valence-corrected chi connectivity index (χ1v) is 6.94. The highest BCUT2D eigenvalue weighted by molar-refractivity contribution is 5.79. The van der Waals surface area contributed by atoms with Crippen molar-refractivity contribution in [3.63, 3.8) is 0 Å². The average molecular weight is 284 g/mol. The molecule has 4 heteroatoms. The summed E-state index contributed by atoms with van der Waals surface area (Å²) in [6.45, 7) is 3.24. The number of rotatable bonds is 7. The van der Waals surface area contributed by atoms with Crippen molar-refractivity contribution < 1.29 is 9.47 Å². The molecule has 1 N–H and O–H groups in total. The van der Waals surface area contributed by atoms with E-state index in [9.17, 15) is 0 Å². The second-order valence-electron chi connectivity index (χ2n) is 4.41. The molecule has 0 radical (unpaired) electrons. The van der Waals surface area contributed by atoms with Crippen LogP contribution in [0.3, 0.4) is 0 Å². The molecule has 0 fully saturated rings. The molecule has 0 unspecified atom stereocenters. The van der Waals surface area contributed by atoms with Crippen molar-refractivity contribution in [1.29, 1.82) is 0 Å². The summed E-state index contributed by atoms with van der Waals surface area (Å²) in [6, 6.07) is 15.7. The number of ether oxygens (including phenoxy) is 2. The Balaban J connectivity index is 1.92. The highest BCUT2D eigenvalue weighted by Gasteiger charge is 1.99. The maximum absolute atomic E-state index is 5.45. The molecule has 4 nitrogen and oxygen atoms in total. The zero-order valence-corrected chi connectivity index (χ0v) is 12.4. The minimum absolute atomic E-state index is 0.617. The molecule has 0 atom stereocenters. The molecule has 0 saturated heterocycles. The third kappa shape index (κ3) is 4.53. The standard InChI is InChI=1S/C17H20N2O2/c1-3-21-16-9-6-7-14(11-16)12-18-19-13-15-8-4-5-10-17(15)20-2/h4-12,19H,3,13H2,1-2H3/b18-12-. The van der Waals surface area contributed by atoms with Crippen LogP contribution < -0.4 is 14.9 Å². The van der Waals surface area contributed by atoms with Gasteiger partial charge in [0.2, 0.25) is 0 Å². The second kappa shape index (κ2) is 7.94. The van der Waals surface area contributed by atoms with Gasteiger partial charge in [0.15, 0.2) is 0 Å². The molecule has 0 saturated carbocycles. The first-order valence-electron chi connectivity index (χ1n) is 6.94. The van der Waals surface area contributed by atoms with E-state index in [1.807, 2.05) is 55.5 Å². The first kappa shape index (κ1) is 14.9. The summed E-state index contributed by atoms with van der Waals surface area (Å²) in [5, 5.41) is 4.23. The summed E-state index contributed by atoms with van der Waals surface area (Å²) in [7, 11) is 1.67. The predicted molar refractivity (Wildman–Crippen MR) is 85.0 cm³/mol. The number of hydrogen-bond acceptors (Lipinski definition) is 4. The number of methoxy groups -OCH3 is 1. The Morgan fingerprint density at radius 1 is 1.14 bits per heavy atom. The molecular formula is C17H20N2O2. The Morgan fingerprint density at radius 2 is 2.00 bits per heavy atom. The summed E-state index contributed by atoms with van der Waals surface area (Å²) < 4.78 is 10.7. The Kier molecular flexibility index (Phi) is 5.64. The Morgan fingerprint density at radius 3 is 2.81 bits per heavy atom. The topological polar surface area (TPSA) is 42.8 Å². The number of benzene rings is 2. The lowest BCUT2D eigenvalue weighted by atomic mass is 10.2. The maximum atomic E-state index is 5.45. The van der Waals surface area contributed by atoms with Gasteiger partial charge in [-0.05, 0) is 30.7 Å². The van der Waals surface area contributed by atoms with E-state index in [2.05, 4.69) is 10.5 Å². The third-order valence-electron chi connectivity index (χ3n) is 2.94.